The minimum absolute atomic E-state index is 0.119. The van der Waals surface area contributed by atoms with Gasteiger partial charge < -0.3 is 4.74 Å². The highest BCUT2D eigenvalue weighted by Gasteiger charge is 2.23. The lowest BCUT2D eigenvalue weighted by Gasteiger charge is -2.08. The second kappa shape index (κ2) is 6.87. The zero-order chi connectivity index (χ0) is 17.9. The lowest BCUT2D eigenvalue weighted by Crippen LogP contribution is -2.02. The van der Waals surface area contributed by atoms with Crippen LogP contribution >= 0.6 is 0 Å². The normalized spacial score (nSPS) is 11.0. The van der Waals surface area contributed by atoms with Gasteiger partial charge in [0, 0.05) is 17.6 Å². The molecule has 24 heavy (non-hydrogen) atoms. The molecule has 126 valence electrons. The van der Waals surface area contributed by atoms with Crippen molar-refractivity contribution in [1.29, 1.82) is 0 Å². The Morgan fingerprint density at radius 1 is 0.958 bits per heavy atom. The van der Waals surface area contributed by atoms with Gasteiger partial charge in [-0.3, -0.25) is 0 Å². The van der Waals surface area contributed by atoms with Crippen molar-refractivity contribution in [2.24, 2.45) is 0 Å². The Morgan fingerprint density at radius 3 is 2.08 bits per heavy atom. The van der Waals surface area contributed by atoms with Crippen molar-refractivity contribution < 1.29 is 31.1 Å². The number of hydrogen-bond donors (Lipinski definition) is 0. The molecular weight excluding hydrogens is 334 g/mol. The van der Waals surface area contributed by atoms with Gasteiger partial charge in [-0.1, -0.05) is 5.92 Å². The first-order chi connectivity index (χ1) is 11.2. The molecule has 0 unspecified atom stereocenters. The summed E-state index contributed by atoms with van der Waals surface area (Å²) < 4.78 is 82.9. The minimum atomic E-state index is -4.88. The van der Waals surface area contributed by atoms with Gasteiger partial charge in [-0.25, -0.2) is 13.2 Å². The van der Waals surface area contributed by atoms with Gasteiger partial charge in [0.25, 0.3) is 0 Å². The lowest BCUT2D eigenvalue weighted by molar-refractivity contribution is -0.0696. The number of halogens is 6. The van der Waals surface area contributed by atoms with Gasteiger partial charge in [-0.15, -0.1) is 0 Å². The SMILES string of the molecule is CCOc1ccc(-c2cc(F)c(C#CC(F)(F)F)c(F)c2)c(F)c1. The molecule has 0 aliphatic heterocycles. The maximum Gasteiger partial charge on any atom is 0.458 e. The molecule has 0 fully saturated rings. The third-order valence-corrected chi connectivity index (χ3v) is 2.93. The number of alkyl halides is 3. The van der Waals surface area contributed by atoms with Crippen LogP contribution in [0.2, 0.25) is 0 Å². The van der Waals surface area contributed by atoms with Crippen LogP contribution < -0.4 is 4.74 Å². The molecule has 0 radical (unpaired) electrons. The van der Waals surface area contributed by atoms with Crippen molar-refractivity contribution in [3.8, 4) is 28.7 Å². The van der Waals surface area contributed by atoms with Gasteiger partial charge in [0.1, 0.15) is 23.2 Å². The molecule has 0 atom stereocenters. The maximum absolute atomic E-state index is 14.0. The highest BCUT2D eigenvalue weighted by atomic mass is 19.4. The van der Waals surface area contributed by atoms with E-state index < -0.39 is 29.2 Å². The van der Waals surface area contributed by atoms with Crippen LogP contribution in [0.1, 0.15) is 12.5 Å². The minimum Gasteiger partial charge on any atom is -0.494 e. The van der Waals surface area contributed by atoms with Crippen LogP contribution in [-0.4, -0.2) is 12.8 Å². The van der Waals surface area contributed by atoms with Crippen LogP contribution in [0.15, 0.2) is 30.3 Å². The molecule has 2 aromatic rings. The summed E-state index contributed by atoms with van der Waals surface area (Å²) in [7, 11) is 0. The molecular formula is C17H10F6O. The average Bonchev–Trinajstić information content (AvgIpc) is 2.45. The average molecular weight is 344 g/mol. The molecule has 0 aromatic heterocycles. The molecule has 0 amide bonds. The van der Waals surface area contributed by atoms with Crippen molar-refractivity contribution in [2.75, 3.05) is 6.61 Å². The molecule has 0 N–H and O–H groups in total. The molecule has 0 saturated heterocycles. The molecule has 7 heteroatoms. The first-order valence-electron chi connectivity index (χ1n) is 6.73. The third-order valence-electron chi connectivity index (χ3n) is 2.93. The van der Waals surface area contributed by atoms with E-state index in [0.717, 1.165) is 24.1 Å². The number of hydrogen-bond acceptors (Lipinski definition) is 1. The maximum atomic E-state index is 14.0. The molecule has 2 rings (SSSR count). The Labute approximate surface area is 133 Å². The summed E-state index contributed by atoms with van der Waals surface area (Å²) in [6.45, 7) is 2.02. The van der Waals surface area contributed by atoms with E-state index in [0.29, 0.717) is 6.61 Å². The van der Waals surface area contributed by atoms with E-state index >= 15 is 0 Å². The fraction of sp³-hybridized carbons (Fsp3) is 0.176. The highest BCUT2D eigenvalue weighted by Crippen LogP contribution is 2.29. The lowest BCUT2D eigenvalue weighted by atomic mass is 10.0. The monoisotopic (exact) mass is 344 g/mol. The summed E-state index contributed by atoms with van der Waals surface area (Å²) in [5, 5.41) is 0. The molecule has 0 spiro atoms. The van der Waals surface area contributed by atoms with Crippen molar-refractivity contribution >= 4 is 0 Å². The van der Waals surface area contributed by atoms with Crippen LogP contribution in [0.3, 0.4) is 0 Å². The largest absolute Gasteiger partial charge is 0.494 e. The molecule has 0 heterocycles. The Bertz CT molecular complexity index is 791. The zero-order valence-corrected chi connectivity index (χ0v) is 12.3. The smallest absolute Gasteiger partial charge is 0.458 e. The fourth-order valence-electron chi connectivity index (χ4n) is 1.97. The predicted octanol–water partition coefficient (Wildman–Crippen LogP) is 5.08. The fourth-order valence-corrected chi connectivity index (χ4v) is 1.97. The number of benzene rings is 2. The summed E-state index contributed by atoms with van der Waals surface area (Å²) in [5.41, 5.74) is -1.31. The molecule has 1 nitrogen and oxygen atoms in total. The van der Waals surface area contributed by atoms with Crippen LogP contribution in [0, 0.1) is 29.3 Å². The van der Waals surface area contributed by atoms with Crippen LogP contribution in [0.25, 0.3) is 11.1 Å². The van der Waals surface area contributed by atoms with E-state index in [1.807, 2.05) is 0 Å². The summed E-state index contributed by atoms with van der Waals surface area (Å²) in [6, 6.07) is 5.17. The zero-order valence-electron chi connectivity index (χ0n) is 12.3. The van der Waals surface area contributed by atoms with E-state index in [4.69, 9.17) is 4.74 Å². The number of rotatable bonds is 3. The molecule has 0 bridgehead atoms. The highest BCUT2D eigenvalue weighted by molar-refractivity contribution is 5.66. The summed E-state index contributed by atoms with van der Waals surface area (Å²) in [4.78, 5) is 0. The molecule has 0 aliphatic carbocycles. The van der Waals surface area contributed by atoms with Gasteiger partial charge in [-0.2, -0.15) is 13.2 Å². The van der Waals surface area contributed by atoms with E-state index in [-0.39, 0.29) is 16.9 Å². The van der Waals surface area contributed by atoms with Crippen molar-refractivity contribution in [3.63, 3.8) is 0 Å². The molecule has 0 saturated carbocycles. The van der Waals surface area contributed by atoms with E-state index in [2.05, 4.69) is 0 Å². The van der Waals surface area contributed by atoms with Gasteiger partial charge in [0.05, 0.1) is 12.2 Å². The van der Waals surface area contributed by atoms with Gasteiger partial charge in [-0.05, 0) is 36.8 Å². The first-order valence-corrected chi connectivity index (χ1v) is 6.73. The second-order valence-corrected chi connectivity index (χ2v) is 4.64. The van der Waals surface area contributed by atoms with Crippen LogP contribution in [-0.2, 0) is 0 Å². The predicted molar refractivity (Wildman–Crippen MR) is 75.9 cm³/mol. The Morgan fingerprint density at radius 2 is 1.58 bits per heavy atom. The molecule has 0 aliphatic rings. The Balaban J connectivity index is 2.45. The summed E-state index contributed by atoms with van der Waals surface area (Å²) >= 11 is 0. The van der Waals surface area contributed by atoms with Gasteiger partial charge in [0.15, 0.2) is 0 Å². The third kappa shape index (κ3) is 4.22. The Hall–Kier alpha value is -2.62. The summed E-state index contributed by atoms with van der Waals surface area (Å²) in [6.07, 6.45) is -4.88. The van der Waals surface area contributed by atoms with Crippen molar-refractivity contribution in [2.45, 2.75) is 13.1 Å². The summed E-state index contributed by atoms with van der Waals surface area (Å²) in [5.74, 6) is -0.968. The standard InChI is InChI=1S/C17H10F6O/c1-2-24-11-3-4-12(16(20)9-11)10-7-14(18)13(15(19)8-10)5-6-17(21,22)23/h3-4,7-9H,2H2,1H3. The van der Waals surface area contributed by atoms with Gasteiger partial charge >= 0.3 is 6.18 Å². The van der Waals surface area contributed by atoms with E-state index in [1.165, 1.54) is 18.1 Å². The van der Waals surface area contributed by atoms with E-state index in [9.17, 15) is 26.3 Å². The topological polar surface area (TPSA) is 9.23 Å². The molecule has 2 aromatic carbocycles. The number of ether oxygens (including phenoxy) is 1. The first kappa shape index (κ1) is 17.7. The van der Waals surface area contributed by atoms with Crippen molar-refractivity contribution in [1.82, 2.24) is 0 Å². The van der Waals surface area contributed by atoms with E-state index in [1.54, 1.807) is 6.92 Å². The van der Waals surface area contributed by atoms with Crippen LogP contribution in [0.5, 0.6) is 5.75 Å². The quantitative estimate of drug-likeness (QED) is 0.557. The van der Waals surface area contributed by atoms with Gasteiger partial charge in [0.2, 0.25) is 0 Å². The van der Waals surface area contributed by atoms with Crippen LogP contribution in [0.4, 0.5) is 26.3 Å². The van der Waals surface area contributed by atoms with Crippen molar-refractivity contribution in [3.05, 3.63) is 53.3 Å². The Kier molecular flexibility index (Phi) is 5.07. The second-order valence-electron chi connectivity index (χ2n) is 4.64.